The molecule has 0 radical (unpaired) electrons. The van der Waals surface area contributed by atoms with Gasteiger partial charge in [-0.05, 0) is 49.4 Å². The van der Waals surface area contributed by atoms with E-state index in [0.717, 1.165) is 58.5 Å². The lowest BCUT2D eigenvalue weighted by Crippen LogP contribution is -2.54. The van der Waals surface area contributed by atoms with E-state index in [1.54, 1.807) is 4.88 Å². The topological polar surface area (TPSA) is 26.7 Å². The molecule has 0 aromatic carbocycles. The molecule has 2 aliphatic heterocycles. The third kappa shape index (κ3) is 3.02. The number of likely N-dealkylation sites (tertiary alicyclic amines) is 1. The maximum Gasteiger partial charge on any atom is 0.0900 e. The smallest absolute Gasteiger partial charge is 0.0900 e. The molecule has 1 saturated heterocycles. The van der Waals surface area contributed by atoms with Gasteiger partial charge in [0.2, 0.25) is 0 Å². The fourth-order valence-electron chi connectivity index (χ4n) is 3.46. The molecule has 1 aromatic rings. The zero-order chi connectivity index (χ0) is 13.3. The average Bonchev–Trinajstić information content (AvgIpc) is 2.85. The largest absolute Gasteiger partial charge is 0.387 e. The number of thiophene rings is 1. The zero-order valence-corrected chi connectivity index (χ0v) is 12.6. The summed E-state index contributed by atoms with van der Waals surface area (Å²) in [7, 11) is 0. The Morgan fingerprint density at radius 2 is 2.26 bits per heavy atom. The monoisotopic (exact) mass is 280 g/mol. The summed E-state index contributed by atoms with van der Waals surface area (Å²) in [6, 6.07) is 2.25. The molecule has 2 aliphatic rings. The van der Waals surface area contributed by atoms with E-state index >= 15 is 0 Å². The second-order valence-corrected chi connectivity index (χ2v) is 7.03. The molecule has 3 nitrogen and oxygen atoms in total. The lowest BCUT2D eigenvalue weighted by molar-refractivity contribution is -0.0542. The summed E-state index contributed by atoms with van der Waals surface area (Å²) >= 11 is 1.88. The predicted octanol–water partition coefficient (Wildman–Crippen LogP) is 1.95. The SMILES string of the molecule is CCN1CCC[C@](O)(CN2CCc3sccc3C2)C1. The summed E-state index contributed by atoms with van der Waals surface area (Å²) in [6.07, 6.45) is 3.24. The van der Waals surface area contributed by atoms with Crippen molar-refractivity contribution in [1.82, 2.24) is 9.80 Å². The van der Waals surface area contributed by atoms with E-state index in [9.17, 15) is 5.11 Å². The number of piperidine rings is 1. The Morgan fingerprint density at radius 1 is 1.37 bits per heavy atom. The Bertz CT molecular complexity index is 434. The van der Waals surface area contributed by atoms with E-state index < -0.39 is 5.60 Å². The summed E-state index contributed by atoms with van der Waals surface area (Å²) in [5, 5.41) is 13.0. The van der Waals surface area contributed by atoms with Crippen LogP contribution in [-0.4, -0.2) is 53.2 Å². The standard InChI is InChI=1S/C15H24N2OS/c1-2-16-7-3-6-15(18,11-16)12-17-8-4-14-13(10-17)5-9-19-14/h5,9,18H,2-4,6-8,10-12H2,1H3/t15-/m1/s1. The maximum atomic E-state index is 10.8. The van der Waals surface area contributed by atoms with Gasteiger partial charge < -0.3 is 10.0 Å². The molecule has 3 heterocycles. The van der Waals surface area contributed by atoms with E-state index in [0.29, 0.717) is 0 Å². The van der Waals surface area contributed by atoms with Crippen LogP contribution in [0.1, 0.15) is 30.2 Å². The van der Waals surface area contributed by atoms with Gasteiger partial charge in [0, 0.05) is 31.1 Å². The Kier molecular flexibility index (Phi) is 3.94. The summed E-state index contributed by atoms with van der Waals surface area (Å²) < 4.78 is 0. The minimum absolute atomic E-state index is 0.498. The summed E-state index contributed by atoms with van der Waals surface area (Å²) in [5.41, 5.74) is 0.977. The van der Waals surface area contributed by atoms with Gasteiger partial charge >= 0.3 is 0 Å². The number of fused-ring (bicyclic) bond motifs is 1. The Labute approximate surface area is 119 Å². The van der Waals surface area contributed by atoms with E-state index in [4.69, 9.17) is 0 Å². The third-order valence-corrected chi connectivity index (χ3v) is 5.51. The van der Waals surface area contributed by atoms with Crippen LogP contribution in [0, 0.1) is 0 Å². The van der Waals surface area contributed by atoms with Crippen LogP contribution in [0.25, 0.3) is 0 Å². The molecule has 1 N–H and O–H groups in total. The van der Waals surface area contributed by atoms with E-state index in [-0.39, 0.29) is 0 Å². The first-order valence-electron chi connectivity index (χ1n) is 7.41. The Hall–Kier alpha value is -0.420. The van der Waals surface area contributed by atoms with Crippen LogP contribution < -0.4 is 0 Å². The van der Waals surface area contributed by atoms with Crippen molar-refractivity contribution in [2.45, 2.75) is 38.3 Å². The molecule has 0 bridgehead atoms. The molecule has 1 atom stereocenters. The summed E-state index contributed by atoms with van der Waals surface area (Å²) in [4.78, 5) is 6.36. The minimum Gasteiger partial charge on any atom is -0.387 e. The number of aliphatic hydroxyl groups is 1. The molecule has 3 rings (SSSR count). The van der Waals surface area contributed by atoms with E-state index in [2.05, 4.69) is 28.2 Å². The zero-order valence-electron chi connectivity index (χ0n) is 11.8. The van der Waals surface area contributed by atoms with Gasteiger partial charge in [-0.15, -0.1) is 11.3 Å². The quantitative estimate of drug-likeness (QED) is 0.917. The van der Waals surface area contributed by atoms with Crippen molar-refractivity contribution in [3.8, 4) is 0 Å². The number of likely N-dealkylation sites (N-methyl/N-ethyl adjacent to an activating group) is 1. The van der Waals surface area contributed by atoms with Gasteiger partial charge in [-0.2, -0.15) is 0 Å². The van der Waals surface area contributed by atoms with Crippen molar-refractivity contribution in [2.24, 2.45) is 0 Å². The van der Waals surface area contributed by atoms with Crippen molar-refractivity contribution in [3.63, 3.8) is 0 Å². The molecule has 0 aliphatic carbocycles. The molecule has 1 fully saturated rings. The molecular formula is C15H24N2OS. The highest BCUT2D eigenvalue weighted by Crippen LogP contribution is 2.27. The second kappa shape index (κ2) is 5.52. The molecule has 0 spiro atoms. The van der Waals surface area contributed by atoms with Crippen molar-refractivity contribution < 1.29 is 5.11 Å². The number of β-amino-alcohol motifs (C(OH)–C–C–N with tert-alkyl or cyclic N) is 1. The molecule has 0 amide bonds. The van der Waals surface area contributed by atoms with Crippen LogP contribution in [0.5, 0.6) is 0 Å². The lowest BCUT2D eigenvalue weighted by atomic mass is 9.91. The Morgan fingerprint density at radius 3 is 3.11 bits per heavy atom. The second-order valence-electron chi connectivity index (χ2n) is 6.03. The molecule has 19 heavy (non-hydrogen) atoms. The van der Waals surface area contributed by atoms with Gasteiger partial charge in [-0.25, -0.2) is 0 Å². The fourth-order valence-corrected chi connectivity index (χ4v) is 4.35. The van der Waals surface area contributed by atoms with Crippen LogP contribution in [0.15, 0.2) is 11.4 Å². The van der Waals surface area contributed by atoms with Gasteiger partial charge in [0.1, 0.15) is 0 Å². The van der Waals surface area contributed by atoms with Crippen molar-refractivity contribution in [3.05, 3.63) is 21.9 Å². The van der Waals surface area contributed by atoms with Crippen LogP contribution in [-0.2, 0) is 13.0 Å². The molecule has 106 valence electrons. The van der Waals surface area contributed by atoms with Gasteiger partial charge in [0.25, 0.3) is 0 Å². The molecule has 0 saturated carbocycles. The Balaban J connectivity index is 1.62. The first-order valence-corrected chi connectivity index (χ1v) is 8.29. The number of hydrogen-bond donors (Lipinski definition) is 1. The van der Waals surface area contributed by atoms with Crippen LogP contribution in [0.2, 0.25) is 0 Å². The third-order valence-electron chi connectivity index (χ3n) is 4.49. The van der Waals surface area contributed by atoms with Gasteiger partial charge in [-0.3, -0.25) is 4.90 Å². The number of rotatable bonds is 3. The molecule has 4 heteroatoms. The summed E-state index contributed by atoms with van der Waals surface area (Å²) in [5.74, 6) is 0. The highest BCUT2D eigenvalue weighted by atomic mass is 32.1. The van der Waals surface area contributed by atoms with Crippen molar-refractivity contribution in [2.75, 3.05) is 32.7 Å². The fraction of sp³-hybridized carbons (Fsp3) is 0.733. The predicted molar refractivity (Wildman–Crippen MR) is 79.6 cm³/mol. The van der Waals surface area contributed by atoms with Crippen molar-refractivity contribution >= 4 is 11.3 Å². The minimum atomic E-state index is -0.498. The highest BCUT2D eigenvalue weighted by molar-refractivity contribution is 7.10. The van der Waals surface area contributed by atoms with Crippen molar-refractivity contribution in [1.29, 1.82) is 0 Å². The van der Waals surface area contributed by atoms with Crippen LogP contribution >= 0.6 is 11.3 Å². The first-order chi connectivity index (χ1) is 9.18. The van der Waals surface area contributed by atoms with Gasteiger partial charge in [0.15, 0.2) is 0 Å². The van der Waals surface area contributed by atoms with E-state index in [1.807, 2.05) is 11.3 Å². The van der Waals surface area contributed by atoms with E-state index in [1.165, 1.54) is 5.56 Å². The van der Waals surface area contributed by atoms with Crippen LogP contribution in [0.3, 0.4) is 0 Å². The normalized spacial score (nSPS) is 29.4. The molecule has 0 unspecified atom stereocenters. The summed E-state index contributed by atoms with van der Waals surface area (Å²) in [6.45, 7) is 8.18. The molecular weight excluding hydrogens is 256 g/mol. The van der Waals surface area contributed by atoms with Gasteiger partial charge in [-0.1, -0.05) is 6.92 Å². The highest BCUT2D eigenvalue weighted by Gasteiger charge is 2.35. The van der Waals surface area contributed by atoms with Gasteiger partial charge in [0.05, 0.1) is 5.60 Å². The first kappa shape index (κ1) is 13.6. The maximum absolute atomic E-state index is 10.8. The molecule has 1 aromatic heterocycles. The number of nitrogens with zero attached hydrogens (tertiary/aromatic N) is 2. The van der Waals surface area contributed by atoms with Crippen LogP contribution in [0.4, 0.5) is 0 Å². The average molecular weight is 280 g/mol. The lowest BCUT2D eigenvalue weighted by Gasteiger charge is -2.42. The number of hydrogen-bond acceptors (Lipinski definition) is 4.